The van der Waals surface area contributed by atoms with Crippen LogP contribution in [0.4, 0.5) is 0 Å². The molecule has 2 aromatic rings. The van der Waals surface area contributed by atoms with E-state index in [4.69, 9.17) is 4.55 Å². The first-order valence-electron chi connectivity index (χ1n) is 3.59. The van der Waals surface area contributed by atoms with E-state index in [-0.39, 0.29) is 21.7 Å². The molecule has 0 spiro atoms. The van der Waals surface area contributed by atoms with Crippen molar-refractivity contribution in [2.75, 3.05) is 0 Å². The fraction of sp³-hybridized carbons (Fsp3) is 0. The number of hydrogen-bond acceptors (Lipinski definition) is 5. The number of aromatic nitrogens is 3. The van der Waals surface area contributed by atoms with E-state index in [9.17, 15) is 13.5 Å². The second kappa shape index (κ2) is 3.29. The number of hydrogen-bond donors (Lipinski definition) is 2. The summed E-state index contributed by atoms with van der Waals surface area (Å²) in [5.74, 6) is -0.220. The van der Waals surface area contributed by atoms with E-state index in [1.54, 1.807) is 0 Å². The molecule has 1 heterocycles. The summed E-state index contributed by atoms with van der Waals surface area (Å²) in [5.41, 5.74) is -0.0300. The van der Waals surface area contributed by atoms with E-state index < -0.39 is 10.1 Å². The van der Waals surface area contributed by atoms with E-state index in [0.29, 0.717) is 0 Å². The summed E-state index contributed by atoms with van der Waals surface area (Å²) in [5, 5.41) is 16.4. The molecule has 0 saturated carbocycles. The van der Waals surface area contributed by atoms with Gasteiger partial charge in [-0.3, -0.25) is 0 Å². The summed E-state index contributed by atoms with van der Waals surface area (Å²) >= 11 is 2.92. The van der Waals surface area contributed by atoms with Crippen molar-refractivity contribution >= 4 is 21.2 Å². The van der Waals surface area contributed by atoms with Gasteiger partial charge < -0.3 is 0 Å². The minimum atomic E-state index is -4.38. The summed E-state index contributed by atoms with van der Waals surface area (Å²) < 4.78 is 31.9. The SMILES string of the molecule is O=S(=O)(O)c1ccc(O)c2nn[n]([Ag])c12. The molecule has 0 aliphatic rings. The Balaban J connectivity index is 3.00. The van der Waals surface area contributed by atoms with Crippen LogP contribution in [0.3, 0.4) is 0 Å². The number of nitrogens with zero attached hydrogens (tertiary/aromatic N) is 3. The van der Waals surface area contributed by atoms with Gasteiger partial charge in [0.2, 0.25) is 0 Å². The molecule has 1 aromatic carbocycles. The van der Waals surface area contributed by atoms with Crippen molar-refractivity contribution in [3.05, 3.63) is 12.1 Å². The Hall–Kier alpha value is -0.930. The zero-order valence-corrected chi connectivity index (χ0v) is 9.22. The molecule has 0 aliphatic carbocycles. The number of rotatable bonds is 1. The molecule has 0 atom stereocenters. The summed E-state index contributed by atoms with van der Waals surface area (Å²) in [6, 6.07) is 2.18. The van der Waals surface area contributed by atoms with Gasteiger partial charge in [-0.15, -0.1) is 0 Å². The first-order valence-corrected chi connectivity index (χ1v) is 5.69. The molecule has 2 N–H and O–H groups in total. The van der Waals surface area contributed by atoms with E-state index in [1.807, 2.05) is 0 Å². The predicted octanol–water partition coefficient (Wildman–Crippen LogP) is -0.306. The Labute approximate surface area is 96.7 Å². The Morgan fingerprint density at radius 3 is 2.67 bits per heavy atom. The fourth-order valence-electron chi connectivity index (χ4n) is 1.14. The first-order chi connectivity index (χ1) is 6.91. The number of phenolic OH excluding ortho intramolecular Hbond substituents is 1. The third kappa shape index (κ3) is 1.66. The van der Waals surface area contributed by atoms with Crippen molar-refractivity contribution in [1.29, 1.82) is 0 Å². The molecule has 0 radical (unpaired) electrons. The molecule has 0 fully saturated rings. The summed E-state index contributed by atoms with van der Waals surface area (Å²) in [4.78, 5) is -0.378. The molecule has 84 valence electrons. The van der Waals surface area contributed by atoms with Crippen molar-refractivity contribution in [2.24, 2.45) is 0 Å². The Bertz CT molecular complexity index is 635. The van der Waals surface area contributed by atoms with Gasteiger partial charge in [0.25, 0.3) is 0 Å². The average Bonchev–Trinajstić information content (AvgIpc) is 2.48. The number of benzene rings is 1. The molecule has 0 bridgehead atoms. The van der Waals surface area contributed by atoms with Gasteiger partial charge in [-0.25, -0.2) is 0 Å². The first kappa shape index (κ1) is 10.6. The van der Waals surface area contributed by atoms with Crippen LogP contribution in [0.15, 0.2) is 17.0 Å². The van der Waals surface area contributed by atoms with Crippen LogP contribution in [0.5, 0.6) is 5.75 Å². The van der Waals surface area contributed by atoms with E-state index in [2.05, 4.69) is 31.6 Å². The molecule has 0 amide bonds. The predicted molar refractivity (Wildman–Crippen MR) is 44.4 cm³/mol. The third-order valence-electron chi connectivity index (χ3n) is 1.75. The van der Waals surface area contributed by atoms with Crippen LogP contribution in [0.1, 0.15) is 0 Å². The molecule has 1 aromatic heterocycles. The van der Waals surface area contributed by atoms with Crippen LogP contribution in [0.2, 0.25) is 0 Å². The van der Waals surface area contributed by atoms with Crippen molar-refractivity contribution in [3.63, 3.8) is 0 Å². The number of aromatic hydroxyl groups is 1. The number of phenols is 1. The van der Waals surface area contributed by atoms with Crippen molar-refractivity contribution < 1.29 is 39.4 Å². The van der Waals surface area contributed by atoms with E-state index in [0.717, 1.165) is 15.2 Å². The van der Waals surface area contributed by atoms with E-state index in [1.165, 1.54) is 0 Å². The van der Waals surface area contributed by atoms with Gasteiger partial charge >= 0.3 is 96.7 Å². The quantitative estimate of drug-likeness (QED) is 0.551. The monoisotopic (exact) mass is 321 g/mol. The van der Waals surface area contributed by atoms with Crippen molar-refractivity contribution in [1.82, 2.24) is 13.4 Å². The Morgan fingerprint density at radius 2 is 2.07 bits per heavy atom. The molecule has 9 heteroatoms. The Kier molecular flexibility index (Phi) is 2.32. The summed E-state index contributed by atoms with van der Waals surface area (Å²) in [6.45, 7) is 0. The molecule has 0 saturated heterocycles. The zero-order valence-electron chi connectivity index (χ0n) is 6.92. The topological polar surface area (TPSA) is 105 Å². The van der Waals surface area contributed by atoms with Crippen LogP contribution in [0.25, 0.3) is 11.0 Å². The second-order valence-electron chi connectivity index (χ2n) is 2.67. The van der Waals surface area contributed by atoms with Crippen LogP contribution >= 0.6 is 0 Å². The third-order valence-corrected chi connectivity index (χ3v) is 3.10. The molecular weight excluding hydrogens is 318 g/mol. The average molecular weight is 322 g/mol. The van der Waals surface area contributed by atoms with Gasteiger partial charge in [0, 0.05) is 0 Å². The normalized spacial score (nSPS) is 12.2. The van der Waals surface area contributed by atoms with Crippen LogP contribution in [-0.2, 0) is 31.4 Å². The van der Waals surface area contributed by atoms with Gasteiger partial charge in [0.1, 0.15) is 0 Å². The van der Waals surface area contributed by atoms with Gasteiger partial charge in [0.05, 0.1) is 0 Å². The maximum atomic E-state index is 11.0. The van der Waals surface area contributed by atoms with Crippen molar-refractivity contribution in [3.8, 4) is 5.75 Å². The van der Waals surface area contributed by atoms with E-state index >= 15 is 0 Å². The number of fused-ring (bicyclic) bond motifs is 1. The molecule has 0 unspecified atom stereocenters. The summed E-state index contributed by atoms with van der Waals surface area (Å²) in [6.07, 6.45) is 0. The Morgan fingerprint density at radius 1 is 1.40 bits per heavy atom. The standard InChI is InChI=1S/C6H4N3O4S.Ag/c10-3-1-2-4(14(11,12)13)6-5(3)7-9-8-6;/h1-2H,(H2-,7,8,9,10,11,12,13);/q-1;+1. The van der Waals surface area contributed by atoms with Crippen LogP contribution < -0.4 is 0 Å². The minimum absolute atomic E-state index is 0.0127. The van der Waals surface area contributed by atoms with Crippen LogP contribution in [-0.4, -0.2) is 31.5 Å². The molecular formula is C6H4AgN3O4S. The molecule has 15 heavy (non-hydrogen) atoms. The maximum absolute atomic E-state index is 11.0. The zero-order chi connectivity index (χ0) is 11.2. The molecule has 0 aliphatic heterocycles. The van der Waals surface area contributed by atoms with Crippen molar-refractivity contribution in [2.45, 2.75) is 4.90 Å². The second-order valence-corrected chi connectivity index (χ2v) is 4.69. The van der Waals surface area contributed by atoms with Gasteiger partial charge in [-0.2, -0.15) is 0 Å². The van der Waals surface area contributed by atoms with Gasteiger partial charge in [-0.1, -0.05) is 0 Å². The molecule has 7 nitrogen and oxygen atoms in total. The van der Waals surface area contributed by atoms with Gasteiger partial charge in [-0.05, 0) is 0 Å². The van der Waals surface area contributed by atoms with Gasteiger partial charge in [0.15, 0.2) is 0 Å². The summed E-state index contributed by atoms with van der Waals surface area (Å²) in [7, 11) is -4.38. The van der Waals surface area contributed by atoms with Crippen LogP contribution in [0, 0.1) is 0 Å². The molecule has 2 rings (SSSR count). The fourth-order valence-corrected chi connectivity index (χ4v) is 2.32.